The van der Waals surface area contributed by atoms with Crippen molar-refractivity contribution in [1.29, 1.82) is 0 Å². The molecule has 1 fully saturated rings. The number of aromatic nitrogens is 2. The molecule has 2 aliphatic rings. The van der Waals surface area contributed by atoms with Crippen LogP contribution in [0.15, 0.2) is 59.4 Å². The Kier molecular flexibility index (Phi) is 7.12. The Bertz CT molecular complexity index is 1490. The third-order valence-corrected chi connectivity index (χ3v) is 9.03. The van der Waals surface area contributed by atoms with Crippen LogP contribution in [0.2, 0.25) is 0 Å². The van der Waals surface area contributed by atoms with Crippen LogP contribution in [0.3, 0.4) is 0 Å². The topological polar surface area (TPSA) is 123 Å². The number of fused-ring (bicyclic) bond motifs is 3. The molecule has 3 atom stereocenters. The van der Waals surface area contributed by atoms with Gasteiger partial charge in [0.25, 0.3) is 11.5 Å². The predicted molar refractivity (Wildman–Crippen MR) is 145 cm³/mol. The molecule has 1 aliphatic heterocycles. The quantitative estimate of drug-likeness (QED) is 0.419. The van der Waals surface area contributed by atoms with E-state index in [-0.39, 0.29) is 30.3 Å². The smallest absolute Gasteiger partial charge is 0.408 e. The lowest BCUT2D eigenvalue weighted by atomic mass is 9.62. The molecule has 1 aromatic heterocycles. The van der Waals surface area contributed by atoms with Crippen molar-refractivity contribution < 1.29 is 23.8 Å². The summed E-state index contributed by atoms with van der Waals surface area (Å²) >= 11 is 0. The minimum atomic E-state index is -0.768. The zero-order valence-corrected chi connectivity index (χ0v) is 22.7. The fourth-order valence-corrected chi connectivity index (χ4v) is 6.06. The van der Waals surface area contributed by atoms with E-state index >= 15 is 0 Å². The number of rotatable bonds is 6. The summed E-state index contributed by atoms with van der Waals surface area (Å²) in [6.45, 7) is 6.68. The molecule has 2 bridgehead atoms. The summed E-state index contributed by atoms with van der Waals surface area (Å²) in [5, 5.41) is 16.4. The fraction of sp³-hybridized carbons (Fsp3) is 0.400. The van der Waals surface area contributed by atoms with Crippen LogP contribution in [-0.2, 0) is 24.4 Å². The largest absolute Gasteiger partial charge is 0.501 e. The van der Waals surface area contributed by atoms with Gasteiger partial charge >= 0.3 is 6.09 Å². The summed E-state index contributed by atoms with van der Waals surface area (Å²) < 4.78 is 20.1. The minimum Gasteiger partial charge on any atom is -0.501 e. The van der Waals surface area contributed by atoms with E-state index in [1.165, 1.54) is 28.8 Å². The summed E-state index contributed by atoms with van der Waals surface area (Å²) in [6, 6.07) is 14.1. The molecule has 9 nitrogen and oxygen atoms in total. The van der Waals surface area contributed by atoms with E-state index in [1.54, 1.807) is 0 Å². The van der Waals surface area contributed by atoms with Crippen LogP contribution in [0, 0.1) is 22.6 Å². The van der Waals surface area contributed by atoms with Crippen molar-refractivity contribution in [2.75, 3.05) is 0 Å². The molecule has 0 spiro atoms. The minimum absolute atomic E-state index is 0.0406. The number of amides is 2. The summed E-state index contributed by atoms with van der Waals surface area (Å²) in [6.07, 6.45) is 0.914. The van der Waals surface area contributed by atoms with Gasteiger partial charge in [0, 0.05) is 18.5 Å². The molecule has 2 aromatic carbocycles. The van der Waals surface area contributed by atoms with Crippen LogP contribution in [0.4, 0.5) is 9.18 Å². The van der Waals surface area contributed by atoms with Gasteiger partial charge < -0.3 is 20.5 Å². The van der Waals surface area contributed by atoms with Crippen LogP contribution in [0.5, 0.6) is 5.75 Å². The summed E-state index contributed by atoms with van der Waals surface area (Å²) in [5.41, 5.74) is -0.556. The highest BCUT2D eigenvalue weighted by atomic mass is 19.1. The van der Waals surface area contributed by atoms with Crippen LogP contribution in [-0.4, -0.2) is 26.7 Å². The van der Waals surface area contributed by atoms with E-state index in [9.17, 15) is 23.9 Å². The van der Waals surface area contributed by atoms with Crippen molar-refractivity contribution in [2.24, 2.45) is 16.7 Å². The standard InChI is InChI=1S/C30H33FN4O5/c1-29(2)20-13-14-30(29,3)24(34-28(39)40-17-19-7-5-4-6-8-19)25-33-22(23(36)27(38)35(25)16-20)26(37)32-15-18-9-11-21(31)12-10-18/h4-12,20,24,36H,13-17H2,1-3H3,(H,32,37)(H,34,39)/t20-,24+,30+/m1/s1. The summed E-state index contributed by atoms with van der Waals surface area (Å²) in [4.78, 5) is 44.2. The van der Waals surface area contributed by atoms with Gasteiger partial charge in [-0.15, -0.1) is 0 Å². The molecule has 1 aliphatic carbocycles. The van der Waals surface area contributed by atoms with E-state index < -0.39 is 46.3 Å². The Hall–Kier alpha value is -4.21. The average Bonchev–Trinajstić information content (AvgIpc) is 3.13. The number of nitrogens with one attached hydrogen (secondary N) is 2. The van der Waals surface area contributed by atoms with Crippen molar-refractivity contribution in [3.8, 4) is 5.75 Å². The molecule has 0 unspecified atom stereocenters. The first-order valence-corrected chi connectivity index (χ1v) is 13.3. The number of nitrogens with zero attached hydrogens (tertiary/aromatic N) is 2. The second-order valence-corrected chi connectivity index (χ2v) is 11.4. The van der Waals surface area contributed by atoms with E-state index in [1.807, 2.05) is 30.3 Å². The van der Waals surface area contributed by atoms with Gasteiger partial charge in [-0.1, -0.05) is 63.2 Å². The lowest BCUT2D eigenvalue weighted by molar-refractivity contribution is 0.0459. The number of ether oxygens (including phenoxy) is 1. The van der Waals surface area contributed by atoms with E-state index in [4.69, 9.17) is 4.74 Å². The number of hydrogen-bond acceptors (Lipinski definition) is 6. The highest BCUT2D eigenvalue weighted by Crippen LogP contribution is 2.63. The SMILES string of the molecule is CC1(C)[C@@H]2CC[C@@]1(C)[C@@H](NC(=O)OCc1ccccc1)c1nc(C(=O)NCc3ccc(F)cc3)c(O)c(=O)n1C2. The molecule has 5 rings (SSSR count). The Morgan fingerprint density at radius 3 is 2.50 bits per heavy atom. The first-order valence-electron chi connectivity index (χ1n) is 13.3. The Labute approximate surface area is 231 Å². The molecule has 0 radical (unpaired) electrons. The fourth-order valence-electron chi connectivity index (χ4n) is 6.06. The molecular weight excluding hydrogens is 515 g/mol. The molecule has 2 heterocycles. The molecular formula is C30H33FN4O5. The van der Waals surface area contributed by atoms with Gasteiger partial charge in [-0.3, -0.25) is 14.2 Å². The second-order valence-electron chi connectivity index (χ2n) is 11.4. The normalized spacial score (nSPS) is 22.6. The molecule has 0 saturated heterocycles. The maximum atomic E-state index is 13.4. The van der Waals surface area contributed by atoms with Crippen molar-refractivity contribution in [1.82, 2.24) is 20.2 Å². The molecule has 40 heavy (non-hydrogen) atoms. The third kappa shape index (κ3) is 4.82. The zero-order valence-electron chi connectivity index (χ0n) is 22.7. The van der Waals surface area contributed by atoms with Crippen molar-refractivity contribution in [3.63, 3.8) is 0 Å². The number of aromatic hydroxyl groups is 1. The molecule has 210 valence electrons. The Morgan fingerprint density at radius 2 is 1.80 bits per heavy atom. The van der Waals surface area contributed by atoms with E-state index in [0.717, 1.165) is 18.4 Å². The molecule has 1 saturated carbocycles. The molecule has 10 heteroatoms. The summed E-state index contributed by atoms with van der Waals surface area (Å²) in [7, 11) is 0. The lowest BCUT2D eigenvalue weighted by Gasteiger charge is -2.44. The highest BCUT2D eigenvalue weighted by molar-refractivity contribution is 5.94. The van der Waals surface area contributed by atoms with Crippen LogP contribution in [0.1, 0.15) is 67.1 Å². The summed E-state index contributed by atoms with van der Waals surface area (Å²) in [5.74, 6) is -1.64. The predicted octanol–water partition coefficient (Wildman–Crippen LogP) is 4.44. The maximum absolute atomic E-state index is 13.4. The van der Waals surface area contributed by atoms with Crippen LogP contribution < -0.4 is 16.2 Å². The first kappa shape index (κ1) is 27.4. The highest BCUT2D eigenvalue weighted by Gasteiger charge is 2.59. The number of halogens is 1. The van der Waals surface area contributed by atoms with Gasteiger partial charge in [-0.05, 0) is 47.4 Å². The van der Waals surface area contributed by atoms with Crippen molar-refractivity contribution in [3.05, 3.63) is 93.4 Å². The van der Waals surface area contributed by atoms with Crippen molar-refractivity contribution in [2.45, 2.75) is 59.4 Å². The van der Waals surface area contributed by atoms with Gasteiger partial charge in [0.2, 0.25) is 5.75 Å². The number of alkyl carbamates (subject to hydrolysis) is 1. The second kappa shape index (κ2) is 10.4. The van der Waals surface area contributed by atoms with Gasteiger partial charge in [-0.2, -0.15) is 0 Å². The van der Waals surface area contributed by atoms with Crippen LogP contribution in [0.25, 0.3) is 0 Å². The Balaban J connectivity index is 1.48. The van der Waals surface area contributed by atoms with Crippen LogP contribution >= 0.6 is 0 Å². The van der Waals surface area contributed by atoms with Crippen molar-refractivity contribution >= 4 is 12.0 Å². The van der Waals surface area contributed by atoms with E-state index in [0.29, 0.717) is 12.1 Å². The monoisotopic (exact) mass is 548 g/mol. The molecule has 3 N–H and O–H groups in total. The van der Waals surface area contributed by atoms with Gasteiger partial charge in [0.05, 0.1) is 6.04 Å². The van der Waals surface area contributed by atoms with E-state index in [2.05, 4.69) is 36.4 Å². The average molecular weight is 549 g/mol. The molecule has 2 amide bonds. The molecule has 3 aromatic rings. The Morgan fingerprint density at radius 1 is 1.10 bits per heavy atom. The third-order valence-electron chi connectivity index (χ3n) is 9.03. The lowest BCUT2D eigenvalue weighted by Crippen LogP contribution is -2.46. The van der Waals surface area contributed by atoms with Gasteiger partial charge in [0.1, 0.15) is 18.2 Å². The van der Waals surface area contributed by atoms with Gasteiger partial charge in [-0.25, -0.2) is 14.2 Å². The number of hydrogen-bond donors (Lipinski definition) is 3. The zero-order chi connectivity index (χ0) is 28.7. The number of carbonyl (C=O) groups is 2. The number of carbonyl (C=O) groups excluding carboxylic acids is 2. The van der Waals surface area contributed by atoms with Gasteiger partial charge in [0.15, 0.2) is 5.69 Å². The maximum Gasteiger partial charge on any atom is 0.408 e. The first-order chi connectivity index (χ1) is 19.0. The number of benzene rings is 2.